The van der Waals surface area contributed by atoms with Crippen LogP contribution in [0.4, 0.5) is 13.2 Å². The van der Waals surface area contributed by atoms with Gasteiger partial charge in [0.05, 0.1) is 0 Å². The lowest BCUT2D eigenvalue weighted by Gasteiger charge is -2.06. The second kappa shape index (κ2) is 4.09. The second-order valence-corrected chi connectivity index (χ2v) is 3.21. The van der Waals surface area contributed by atoms with Crippen molar-refractivity contribution in [2.24, 2.45) is 0 Å². The van der Waals surface area contributed by atoms with Crippen LogP contribution < -0.4 is 0 Å². The van der Waals surface area contributed by atoms with Gasteiger partial charge < -0.3 is 5.11 Å². The molecule has 18 heavy (non-hydrogen) atoms. The van der Waals surface area contributed by atoms with Gasteiger partial charge in [0.1, 0.15) is 12.0 Å². The predicted octanol–water partition coefficient (Wildman–Crippen LogP) is 1.38. The van der Waals surface area contributed by atoms with Crippen molar-refractivity contribution in [2.75, 3.05) is 0 Å². The fourth-order valence-electron chi connectivity index (χ4n) is 1.19. The van der Waals surface area contributed by atoms with Crippen molar-refractivity contribution in [1.29, 1.82) is 0 Å². The maximum absolute atomic E-state index is 12.4. The molecule has 0 fully saturated rings. The van der Waals surface area contributed by atoms with Gasteiger partial charge in [-0.25, -0.2) is 19.4 Å². The molecule has 2 heterocycles. The highest BCUT2D eigenvalue weighted by Crippen LogP contribution is 2.27. The maximum atomic E-state index is 12.4. The number of carboxylic acids is 1. The number of aromatic nitrogens is 4. The first-order chi connectivity index (χ1) is 8.38. The SMILES string of the molecule is O=C(O)c1ccn(-c2cc(C(F)(F)F)ncn2)n1. The summed E-state index contributed by atoms with van der Waals surface area (Å²) in [6, 6.07) is 1.83. The molecule has 0 unspecified atom stereocenters. The number of hydrogen-bond donors (Lipinski definition) is 1. The van der Waals surface area contributed by atoms with E-state index in [9.17, 15) is 18.0 Å². The van der Waals surface area contributed by atoms with Crippen LogP contribution in [0.25, 0.3) is 5.82 Å². The smallest absolute Gasteiger partial charge is 0.433 e. The van der Waals surface area contributed by atoms with Crippen molar-refractivity contribution in [1.82, 2.24) is 19.7 Å². The molecule has 2 aromatic rings. The Hall–Kier alpha value is -2.45. The molecule has 0 aliphatic carbocycles. The number of carbonyl (C=O) groups is 1. The van der Waals surface area contributed by atoms with E-state index in [1.54, 1.807) is 0 Å². The van der Waals surface area contributed by atoms with Gasteiger partial charge in [0.2, 0.25) is 0 Å². The average molecular weight is 258 g/mol. The molecule has 2 aromatic heterocycles. The molecule has 94 valence electrons. The van der Waals surface area contributed by atoms with Crippen LogP contribution in [0.1, 0.15) is 16.2 Å². The van der Waals surface area contributed by atoms with Crippen LogP contribution in [0, 0.1) is 0 Å². The number of halogens is 3. The lowest BCUT2D eigenvalue weighted by Crippen LogP contribution is -2.10. The molecule has 0 spiro atoms. The van der Waals surface area contributed by atoms with E-state index in [0.717, 1.165) is 17.1 Å². The Bertz CT molecular complexity index is 593. The highest BCUT2D eigenvalue weighted by atomic mass is 19.4. The van der Waals surface area contributed by atoms with Gasteiger partial charge >= 0.3 is 12.1 Å². The lowest BCUT2D eigenvalue weighted by molar-refractivity contribution is -0.141. The summed E-state index contributed by atoms with van der Waals surface area (Å²) >= 11 is 0. The van der Waals surface area contributed by atoms with Gasteiger partial charge in [-0.05, 0) is 6.07 Å². The van der Waals surface area contributed by atoms with Gasteiger partial charge in [-0.15, -0.1) is 0 Å². The Morgan fingerprint density at radius 3 is 2.61 bits per heavy atom. The molecule has 0 saturated carbocycles. The molecule has 0 saturated heterocycles. The van der Waals surface area contributed by atoms with E-state index in [0.29, 0.717) is 6.07 Å². The molecule has 0 aromatic carbocycles. The molecule has 2 rings (SSSR count). The normalized spacial score (nSPS) is 11.5. The Labute approximate surface area is 97.7 Å². The van der Waals surface area contributed by atoms with Crippen LogP contribution in [0.3, 0.4) is 0 Å². The summed E-state index contributed by atoms with van der Waals surface area (Å²) in [7, 11) is 0. The van der Waals surface area contributed by atoms with Gasteiger partial charge in [-0.2, -0.15) is 18.3 Å². The van der Waals surface area contributed by atoms with Gasteiger partial charge in [0, 0.05) is 12.3 Å². The molecule has 0 aliphatic heterocycles. The summed E-state index contributed by atoms with van der Waals surface area (Å²) < 4.78 is 38.1. The first kappa shape index (κ1) is 12.0. The minimum Gasteiger partial charge on any atom is -0.476 e. The number of rotatable bonds is 2. The zero-order valence-corrected chi connectivity index (χ0v) is 8.59. The molecule has 1 N–H and O–H groups in total. The van der Waals surface area contributed by atoms with E-state index in [1.165, 1.54) is 6.20 Å². The van der Waals surface area contributed by atoms with Crippen LogP contribution in [-0.4, -0.2) is 30.8 Å². The van der Waals surface area contributed by atoms with Crippen molar-refractivity contribution in [3.05, 3.63) is 36.0 Å². The molecule has 0 aliphatic rings. The minimum absolute atomic E-state index is 0.162. The first-order valence-corrected chi connectivity index (χ1v) is 4.56. The number of nitrogens with zero attached hydrogens (tertiary/aromatic N) is 4. The van der Waals surface area contributed by atoms with Crippen molar-refractivity contribution in [3.63, 3.8) is 0 Å². The molecule has 9 heteroatoms. The summed E-state index contributed by atoms with van der Waals surface area (Å²) in [5.41, 5.74) is -1.41. The van der Waals surface area contributed by atoms with Crippen LogP contribution in [0.2, 0.25) is 0 Å². The first-order valence-electron chi connectivity index (χ1n) is 4.56. The third-order valence-corrected chi connectivity index (χ3v) is 1.99. The molecule has 0 amide bonds. The Balaban J connectivity index is 2.41. The Morgan fingerprint density at radius 1 is 1.33 bits per heavy atom. The molecule has 6 nitrogen and oxygen atoms in total. The Morgan fingerprint density at radius 2 is 2.06 bits per heavy atom. The summed E-state index contributed by atoms with van der Waals surface area (Å²) in [6.07, 6.45) is -2.66. The summed E-state index contributed by atoms with van der Waals surface area (Å²) in [6.45, 7) is 0. The summed E-state index contributed by atoms with van der Waals surface area (Å²) in [4.78, 5) is 17.3. The second-order valence-electron chi connectivity index (χ2n) is 3.21. The van der Waals surface area contributed by atoms with Crippen molar-refractivity contribution in [3.8, 4) is 5.82 Å². The number of aromatic carboxylic acids is 1. The van der Waals surface area contributed by atoms with Crippen molar-refractivity contribution < 1.29 is 23.1 Å². The van der Waals surface area contributed by atoms with Crippen LogP contribution in [0.5, 0.6) is 0 Å². The minimum atomic E-state index is -4.60. The zero-order valence-electron chi connectivity index (χ0n) is 8.59. The molecule has 0 atom stereocenters. The Kier molecular flexibility index (Phi) is 2.73. The standard InChI is InChI=1S/C9H5F3N4O2/c10-9(11,12)6-3-7(14-4-13-6)16-2-1-5(15-16)8(17)18/h1-4H,(H,17,18). The van der Waals surface area contributed by atoms with E-state index < -0.39 is 17.8 Å². The van der Waals surface area contributed by atoms with Gasteiger partial charge in [0.25, 0.3) is 0 Å². The van der Waals surface area contributed by atoms with Gasteiger partial charge in [0.15, 0.2) is 11.5 Å². The van der Waals surface area contributed by atoms with Gasteiger partial charge in [-0.1, -0.05) is 0 Å². The quantitative estimate of drug-likeness (QED) is 0.880. The zero-order chi connectivity index (χ0) is 13.3. The van der Waals surface area contributed by atoms with Crippen LogP contribution in [0.15, 0.2) is 24.7 Å². The van der Waals surface area contributed by atoms with Crippen molar-refractivity contribution >= 4 is 5.97 Å². The predicted molar refractivity (Wildman–Crippen MR) is 51.1 cm³/mol. The average Bonchev–Trinajstić information content (AvgIpc) is 2.77. The topological polar surface area (TPSA) is 80.9 Å². The maximum Gasteiger partial charge on any atom is 0.433 e. The van der Waals surface area contributed by atoms with E-state index in [4.69, 9.17) is 5.11 Å². The largest absolute Gasteiger partial charge is 0.476 e. The summed E-state index contributed by atoms with van der Waals surface area (Å²) in [5, 5.41) is 12.2. The molecular weight excluding hydrogens is 253 g/mol. The van der Waals surface area contributed by atoms with E-state index in [2.05, 4.69) is 15.1 Å². The summed E-state index contributed by atoms with van der Waals surface area (Å²) in [5.74, 6) is -1.44. The highest BCUT2D eigenvalue weighted by molar-refractivity contribution is 5.85. The third-order valence-electron chi connectivity index (χ3n) is 1.99. The highest BCUT2D eigenvalue weighted by Gasteiger charge is 2.33. The number of hydrogen-bond acceptors (Lipinski definition) is 4. The number of carboxylic acid groups (broad SMARTS) is 1. The van der Waals surface area contributed by atoms with Crippen molar-refractivity contribution in [2.45, 2.75) is 6.18 Å². The van der Waals surface area contributed by atoms with Gasteiger partial charge in [-0.3, -0.25) is 0 Å². The molecular formula is C9H5F3N4O2. The fourth-order valence-corrected chi connectivity index (χ4v) is 1.19. The number of alkyl halides is 3. The molecule has 0 radical (unpaired) electrons. The van der Waals surface area contributed by atoms with Crippen LogP contribution in [-0.2, 0) is 6.18 Å². The van der Waals surface area contributed by atoms with E-state index in [-0.39, 0.29) is 11.5 Å². The third kappa shape index (κ3) is 2.29. The van der Waals surface area contributed by atoms with E-state index >= 15 is 0 Å². The van der Waals surface area contributed by atoms with E-state index in [1.807, 2.05) is 0 Å². The fraction of sp³-hybridized carbons (Fsp3) is 0.111. The lowest BCUT2D eigenvalue weighted by atomic mass is 10.4. The molecule has 0 bridgehead atoms. The van der Waals surface area contributed by atoms with Crippen LogP contribution >= 0.6 is 0 Å². The monoisotopic (exact) mass is 258 g/mol.